The molecule has 20 heavy (non-hydrogen) atoms. The molecular weight excluding hydrogens is 276 g/mol. The Morgan fingerprint density at radius 1 is 1.70 bits per heavy atom. The molecule has 1 saturated heterocycles. The first kappa shape index (κ1) is 15.3. The summed E-state index contributed by atoms with van der Waals surface area (Å²) in [6, 6.07) is 2.10. The van der Waals surface area contributed by atoms with Gasteiger partial charge in [-0.05, 0) is 6.42 Å². The third-order valence-electron chi connectivity index (χ3n) is 3.07. The molecule has 0 aliphatic carbocycles. The predicted octanol–water partition coefficient (Wildman–Crippen LogP) is 0.953. The maximum Gasteiger partial charge on any atom is 0.227 e. The van der Waals surface area contributed by atoms with Crippen molar-refractivity contribution >= 4 is 23.5 Å². The van der Waals surface area contributed by atoms with Crippen LogP contribution in [0, 0.1) is 0 Å². The second kappa shape index (κ2) is 8.28. The molecule has 0 bridgehead atoms. The van der Waals surface area contributed by atoms with Crippen molar-refractivity contribution in [2.75, 3.05) is 37.1 Å². The number of carbonyl (C=O) groups excluding carboxylic acids is 1. The number of amides is 1. The lowest BCUT2D eigenvalue weighted by Gasteiger charge is -2.22. The van der Waals surface area contributed by atoms with Crippen molar-refractivity contribution in [1.29, 1.82) is 0 Å². The third-order valence-corrected chi connectivity index (χ3v) is 4.20. The molecule has 2 rings (SSSR count). The van der Waals surface area contributed by atoms with E-state index in [4.69, 9.17) is 4.74 Å². The van der Waals surface area contributed by atoms with Gasteiger partial charge >= 0.3 is 0 Å². The summed E-state index contributed by atoms with van der Waals surface area (Å²) in [4.78, 5) is 11.9. The van der Waals surface area contributed by atoms with Gasteiger partial charge in [0.05, 0.1) is 0 Å². The molecule has 1 unspecified atom stereocenters. The maximum atomic E-state index is 11.9. The van der Waals surface area contributed by atoms with Crippen molar-refractivity contribution in [3.8, 4) is 0 Å². The van der Waals surface area contributed by atoms with Gasteiger partial charge < -0.3 is 15.4 Å². The van der Waals surface area contributed by atoms with E-state index in [0.717, 1.165) is 31.0 Å². The molecule has 1 aromatic rings. The molecule has 1 amide bonds. The van der Waals surface area contributed by atoms with Gasteiger partial charge in [0.25, 0.3) is 0 Å². The molecule has 1 atom stereocenters. The summed E-state index contributed by atoms with van der Waals surface area (Å²) in [6.07, 6.45) is 3.29. The Bertz CT molecular complexity index is 418. The predicted molar refractivity (Wildman–Crippen MR) is 81.1 cm³/mol. The van der Waals surface area contributed by atoms with Gasteiger partial charge in [0, 0.05) is 63.0 Å². The number of methoxy groups -OCH3 is 1. The summed E-state index contributed by atoms with van der Waals surface area (Å²) in [6.45, 7) is 2.49. The SMILES string of the molecule is COCCCn1ccc(NC(=O)CC2CSCCN2)n1. The second-order valence-corrected chi connectivity index (χ2v) is 5.94. The quantitative estimate of drug-likeness (QED) is 0.734. The number of carbonyl (C=O) groups is 1. The highest BCUT2D eigenvalue weighted by atomic mass is 32.2. The minimum Gasteiger partial charge on any atom is -0.385 e. The Labute approximate surface area is 123 Å². The van der Waals surface area contributed by atoms with Crippen LogP contribution in [0.3, 0.4) is 0 Å². The summed E-state index contributed by atoms with van der Waals surface area (Å²) in [5.41, 5.74) is 0. The summed E-state index contributed by atoms with van der Waals surface area (Å²) in [5.74, 6) is 2.77. The van der Waals surface area contributed by atoms with Gasteiger partial charge in [-0.3, -0.25) is 9.48 Å². The van der Waals surface area contributed by atoms with E-state index in [1.54, 1.807) is 7.11 Å². The third kappa shape index (κ3) is 5.15. The summed E-state index contributed by atoms with van der Waals surface area (Å²) < 4.78 is 6.82. The molecule has 0 radical (unpaired) electrons. The Kier molecular flexibility index (Phi) is 6.35. The number of nitrogens with one attached hydrogen (secondary N) is 2. The first-order valence-electron chi connectivity index (χ1n) is 6.91. The van der Waals surface area contributed by atoms with Crippen LogP contribution in [0.1, 0.15) is 12.8 Å². The van der Waals surface area contributed by atoms with Crippen molar-refractivity contribution < 1.29 is 9.53 Å². The van der Waals surface area contributed by atoms with E-state index in [-0.39, 0.29) is 11.9 Å². The van der Waals surface area contributed by atoms with Crippen LogP contribution in [-0.4, -0.2) is 53.5 Å². The Morgan fingerprint density at radius 2 is 2.60 bits per heavy atom. The van der Waals surface area contributed by atoms with Crippen molar-refractivity contribution in [3.63, 3.8) is 0 Å². The van der Waals surface area contributed by atoms with Gasteiger partial charge in [0.1, 0.15) is 0 Å². The molecule has 0 spiro atoms. The van der Waals surface area contributed by atoms with Crippen LogP contribution in [0.2, 0.25) is 0 Å². The average Bonchev–Trinajstić information content (AvgIpc) is 2.87. The van der Waals surface area contributed by atoms with Crippen molar-refractivity contribution in [2.24, 2.45) is 0 Å². The van der Waals surface area contributed by atoms with E-state index >= 15 is 0 Å². The van der Waals surface area contributed by atoms with Gasteiger partial charge in [-0.25, -0.2) is 0 Å². The zero-order valence-corrected chi connectivity index (χ0v) is 12.6. The van der Waals surface area contributed by atoms with Crippen LogP contribution in [-0.2, 0) is 16.1 Å². The number of rotatable bonds is 7. The number of ether oxygens (including phenoxy) is 1. The number of nitrogens with zero attached hydrogens (tertiary/aromatic N) is 2. The number of anilines is 1. The van der Waals surface area contributed by atoms with Crippen molar-refractivity contribution in [1.82, 2.24) is 15.1 Å². The maximum absolute atomic E-state index is 11.9. The summed E-state index contributed by atoms with van der Waals surface area (Å²) >= 11 is 1.89. The lowest BCUT2D eigenvalue weighted by Crippen LogP contribution is -2.39. The number of thioether (sulfide) groups is 1. The van der Waals surface area contributed by atoms with Gasteiger partial charge in [-0.1, -0.05) is 0 Å². The highest BCUT2D eigenvalue weighted by Gasteiger charge is 2.17. The smallest absolute Gasteiger partial charge is 0.227 e. The fraction of sp³-hybridized carbons (Fsp3) is 0.692. The first-order chi connectivity index (χ1) is 9.78. The average molecular weight is 298 g/mol. The van der Waals surface area contributed by atoms with E-state index in [9.17, 15) is 4.79 Å². The minimum atomic E-state index is 0.0205. The van der Waals surface area contributed by atoms with Crippen LogP contribution in [0.4, 0.5) is 5.82 Å². The molecule has 1 aliphatic heterocycles. The second-order valence-electron chi connectivity index (χ2n) is 4.79. The minimum absolute atomic E-state index is 0.0205. The van der Waals surface area contributed by atoms with Gasteiger partial charge in [-0.15, -0.1) is 0 Å². The number of hydrogen-bond donors (Lipinski definition) is 2. The van der Waals surface area contributed by atoms with E-state index in [1.165, 1.54) is 0 Å². The van der Waals surface area contributed by atoms with E-state index in [2.05, 4.69) is 15.7 Å². The van der Waals surface area contributed by atoms with E-state index in [0.29, 0.717) is 18.8 Å². The lowest BCUT2D eigenvalue weighted by atomic mass is 10.2. The number of aromatic nitrogens is 2. The van der Waals surface area contributed by atoms with Crippen LogP contribution < -0.4 is 10.6 Å². The molecule has 1 aliphatic rings. The monoisotopic (exact) mass is 298 g/mol. The highest BCUT2D eigenvalue weighted by molar-refractivity contribution is 7.99. The zero-order valence-electron chi connectivity index (χ0n) is 11.8. The van der Waals surface area contributed by atoms with Gasteiger partial charge in [0.15, 0.2) is 5.82 Å². The van der Waals surface area contributed by atoms with Gasteiger partial charge in [0.2, 0.25) is 5.91 Å². The van der Waals surface area contributed by atoms with E-state index < -0.39 is 0 Å². The fourth-order valence-electron chi connectivity index (χ4n) is 2.09. The largest absolute Gasteiger partial charge is 0.385 e. The molecule has 112 valence electrons. The molecular formula is C13H22N4O2S. The topological polar surface area (TPSA) is 68.2 Å². The molecule has 0 aromatic carbocycles. The van der Waals surface area contributed by atoms with Gasteiger partial charge in [-0.2, -0.15) is 16.9 Å². The zero-order chi connectivity index (χ0) is 14.2. The van der Waals surface area contributed by atoms with Crippen LogP contribution >= 0.6 is 11.8 Å². The van der Waals surface area contributed by atoms with Crippen LogP contribution in [0.15, 0.2) is 12.3 Å². The standard InChI is InChI=1S/C13H22N4O2S/c1-19-7-2-5-17-6-3-12(16-17)15-13(18)9-11-10-20-8-4-14-11/h3,6,11,14H,2,4-5,7-10H2,1H3,(H,15,16,18). The molecule has 7 heteroatoms. The molecule has 0 saturated carbocycles. The number of hydrogen-bond acceptors (Lipinski definition) is 5. The van der Waals surface area contributed by atoms with E-state index in [1.807, 2.05) is 28.7 Å². The first-order valence-corrected chi connectivity index (χ1v) is 8.07. The summed E-state index contributed by atoms with van der Waals surface area (Å²) in [5, 5.41) is 10.5. The highest BCUT2D eigenvalue weighted by Crippen LogP contribution is 2.11. The normalized spacial score (nSPS) is 18.9. The Hall–Kier alpha value is -1.05. The van der Waals surface area contributed by atoms with Crippen LogP contribution in [0.25, 0.3) is 0 Å². The van der Waals surface area contributed by atoms with Crippen molar-refractivity contribution in [3.05, 3.63) is 12.3 Å². The molecule has 1 fully saturated rings. The van der Waals surface area contributed by atoms with Crippen LogP contribution in [0.5, 0.6) is 0 Å². The summed E-state index contributed by atoms with van der Waals surface area (Å²) in [7, 11) is 1.69. The molecule has 2 heterocycles. The Morgan fingerprint density at radius 3 is 3.35 bits per heavy atom. The fourth-order valence-corrected chi connectivity index (χ4v) is 3.04. The Balaban J connectivity index is 1.73. The molecule has 6 nitrogen and oxygen atoms in total. The molecule has 2 N–H and O–H groups in total. The van der Waals surface area contributed by atoms with Crippen molar-refractivity contribution in [2.45, 2.75) is 25.4 Å². The molecule has 1 aromatic heterocycles. The lowest BCUT2D eigenvalue weighted by molar-refractivity contribution is -0.116. The number of aryl methyl sites for hydroxylation is 1.